The maximum Gasteiger partial charge on any atom is 0.184 e. The van der Waals surface area contributed by atoms with Gasteiger partial charge in [-0.05, 0) is 17.7 Å². The van der Waals surface area contributed by atoms with Gasteiger partial charge in [-0.2, -0.15) is 0 Å². The molecule has 6 nitrogen and oxygen atoms in total. The van der Waals surface area contributed by atoms with Crippen molar-refractivity contribution in [1.29, 1.82) is 0 Å². The Morgan fingerprint density at radius 2 is 1.71 bits per heavy atom. The first-order valence-corrected chi connectivity index (χ1v) is 9.51. The van der Waals surface area contributed by atoms with E-state index in [4.69, 9.17) is 28.4 Å². The van der Waals surface area contributed by atoms with E-state index < -0.39 is 6.29 Å². The average molecular weight is 386 g/mol. The highest BCUT2D eigenvalue weighted by Gasteiger charge is 2.43. The largest absolute Gasteiger partial charge is 0.497 e. The average Bonchev–Trinajstić information content (AvgIpc) is 2.77. The Bertz CT molecular complexity index is 734. The van der Waals surface area contributed by atoms with Crippen LogP contribution in [0, 0.1) is 0 Å². The summed E-state index contributed by atoms with van der Waals surface area (Å²) >= 11 is 0. The van der Waals surface area contributed by atoms with Crippen LogP contribution >= 0.6 is 0 Å². The zero-order valence-corrected chi connectivity index (χ0v) is 16.2. The van der Waals surface area contributed by atoms with Gasteiger partial charge in [0.25, 0.3) is 0 Å². The van der Waals surface area contributed by atoms with E-state index in [1.54, 1.807) is 14.2 Å². The molecule has 0 aliphatic carbocycles. The number of fused-ring (bicyclic) bond motifs is 1. The smallest absolute Gasteiger partial charge is 0.184 e. The van der Waals surface area contributed by atoms with Crippen LogP contribution in [0.3, 0.4) is 0 Å². The Balaban J connectivity index is 1.38. The first-order chi connectivity index (χ1) is 13.8. The quantitative estimate of drug-likeness (QED) is 0.758. The molecule has 2 aromatic carbocycles. The van der Waals surface area contributed by atoms with Gasteiger partial charge in [-0.25, -0.2) is 0 Å². The summed E-state index contributed by atoms with van der Waals surface area (Å²) in [6.07, 6.45) is -0.626. The SMILES string of the molecule is COc1ccc(CO[C@H]2C[C@@H]3OC(c4ccccc4)OC[C@H]3O[C@@H]2OC)cc1. The van der Waals surface area contributed by atoms with Crippen molar-refractivity contribution in [2.75, 3.05) is 20.8 Å². The van der Waals surface area contributed by atoms with E-state index >= 15 is 0 Å². The molecule has 5 atom stereocenters. The predicted molar refractivity (Wildman–Crippen MR) is 102 cm³/mol. The Labute approximate surface area is 165 Å². The molecule has 4 rings (SSSR count). The van der Waals surface area contributed by atoms with Gasteiger partial charge in [-0.1, -0.05) is 42.5 Å². The second-order valence-electron chi connectivity index (χ2n) is 6.96. The number of rotatable bonds is 6. The van der Waals surface area contributed by atoms with Crippen molar-refractivity contribution in [2.24, 2.45) is 0 Å². The van der Waals surface area contributed by atoms with E-state index in [2.05, 4.69) is 0 Å². The lowest BCUT2D eigenvalue weighted by atomic mass is 10.0. The molecular formula is C22H26O6. The molecule has 0 aromatic heterocycles. The molecular weight excluding hydrogens is 360 g/mol. The highest BCUT2D eigenvalue weighted by atomic mass is 16.7. The zero-order valence-electron chi connectivity index (χ0n) is 16.2. The van der Waals surface area contributed by atoms with Gasteiger partial charge >= 0.3 is 0 Å². The van der Waals surface area contributed by atoms with Gasteiger partial charge < -0.3 is 28.4 Å². The maximum absolute atomic E-state index is 6.18. The van der Waals surface area contributed by atoms with Crippen LogP contribution in [0.2, 0.25) is 0 Å². The van der Waals surface area contributed by atoms with Crippen LogP contribution in [0.25, 0.3) is 0 Å². The van der Waals surface area contributed by atoms with Crippen molar-refractivity contribution in [3.63, 3.8) is 0 Å². The second kappa shape index (κ2) is 9.03. The van der Waals surface area contributed by atoms with E-state index in [1.165, 1.54) is 0 Å². The van der Waals surface area contributed by atoms with Crippen LogP contribution in [-0.2, 0) is 30.3 Å². The number of hydrogen-bond donors (Lipinski definition) is 0. The highest BCUT2D eigenvalue weighted by Crippen LogP contribution is 2.35. The summed E-state index contributed by atoms with van der Waals surface area (Å²) in [4.78, 5) is 0. The lowest BCUT2D eigenvalue weighted by molar-refractivity contribution is -0.338. The molecule has 1 unspecified atom stereocenters. The maximum atomic E-state index is 6.18. The van der Waals surface area contributed by atoms with Crippen LogP contribution in [-0.4, -0.2) is 45.4 Å². The molecule has 0 bridgehead atoms. The number of benzene rings is 2. The highest BCUT2D eigenvalue weighted by molar-refractivity contribution is 5.26. The second-order valence-corrected chi connectivity index (χ2v) is 6.96. The summed E-state index contributed by atoms with van der Waals surface area (Å²) in [5, 5.41) is 0. The molecule has 2 aliphatic rings. The minimum Gasteiger partial charge on any atom is -0.497 e. The van der Waals surface area contributed by atoms with E-state index in [0.29, 0.717) is 19.6 Å². The van der Waals surface area contributed by atoms with E-state index in [-0.39, 0.29) is 24.6 Å². The summed E-state index contributed by atoms with van der Waals surface area (Å²) in [6, 6.07) is 17.8. The monoisotopic (exact) mass is 386 g/mol. The number of ether oxygens (including phenoxy) is 6. The molecule has 0 saturated carbocycles. The van der Waals surface area contributed by atoms with Crippen molar-refractivity contribution in [3.8, 4) is 5.75 Å². The third kappa shape index (κ3) is 4.37. The predicted octanol–water partition coefficient (Wildman–Crippen LogP) is 3.46. The molecule has 150 valence electrons. The lowest BCUT2D eigenvalue weighted by Crippen LogP contribution is -2.54. The molecule has 2 aliphatic heterocycles. The van der Waals surface area contributed by atoms with E-state index in [9.17, 15) is 0 Å². The fourth-order valence-corrected chi connectivity index (χ4v) is 3.57. The van der Waals surface area contributed by atoms with Crippen molar-refractivity contribution < 1.29 is 28.4 Å². The Morgan fingerprint density at radius 3 is 2.43 bits per heavy atom. The van der Waals surface area contributed by atoms with Crippen LogP contribution in [0.1, 0.15) is 23.8 Å². The van der Waals surface area contributed by atoms with Gasteiger partial charge in [0.15, 0.2) is 12.6 Å². The van der Waals surface area contributed by atoms with Gasteiger partial charge in [-0.15, -0.1) is 0 Å². The first-order valence-electron chi connectivity index (χ1n) is 9.51. The number of methoxy groups -OCH3 is 2. The Morgan fingerprint density at radius 1 is 0.929 bits per heavy atom. The fraction of sp³-hybridized carbons (Fsp3) is 0.455. The molecule has 2 aromatic rings. The summed E-state index contributed by atoms with van der Waals surface area (Å²) in [5.41, 5.74) is 2.07. The van der Waals surface area contributed by atoms with Crippen molar-refractivity contribution >= 4 is 0 Å². The van der Waals surface area contributed by atoms with Gasteiger partial charge in [0.2, 0.25) is 0 Å². The normalized spacial score (nSPS) is 29.9. The summed E-state index contributed by atoms with van der Waals surface area (Å²) in [5.74, 6) is 0.824. The minimum atomic E-state index is -0.444. The van der Waals surface area contributed by atoms with Crippen molar-refractivity contribution in [3.05, 3.63) is 65.7 Å². The molecule has 0 radical (unpaired) electrons. The number of hydrogen-bond acceptors (Lipinski definition) is 6. The summed E-state index contributed by atoms with van der Waals surface area (Å²) in [7, 11) is 3.28. The van der Waals surface area contributed by atoms with E-state index in [0.717, 1.165) is 16.9 Å². The van der Waals surface area contributed by atoms with E-state index in [1.807, 2.05) is 54.6 Å². The Hall–Kier alpha value is -1.96. The topological polar surface area (TPSA) is 55.4 Å². The van der Waals surface area contributed by atoms with Gasteiger partial charge in [-0.3, -0.25) is 0 Å². The molecule has 0 spiro atoms. The summed E-state index contributed by atoms with van der Waals surface area (Å²) in [6.45, 7) is 0.934. The van der Waals surface area contributed by atoms with Gasteiger partial charge in [0.1, 0.15) is 18.0 Å². The minimum absolute atomic E-state index is 0.105. The van der Waals surface area contributed by atoms with Gasteiger partial charge in [0, 0.05) is 19.1 Å². The molecule has 0 amide bonds. The molecule has 2 heterocycles. The molecule has 0 N–H and O–H groups in total. The standard InChI is InChI=1S/C22H26O6/c1-23-17-10-8-15(9-11-17)13-25-19-12-18-20(28-22(19)24-2)14-26-21(27-18)16-6-4-3-5-7-16/h3-11,18-22H,12-14H2,1-2H3/t18-,19-,20+,21?,22-/m0/s1. The third-order valence-electron chi connectivity index (χ3n) is 5.13. The van der Waals surface area contributed by atoms with Gasteiger partial charge in [0.05, 0.1) is 26.4 Å². The molecule has 6 heteroatoms. The zero-order chi connectivity index (χ0) is 19.3. The van der Waals surface area contributed by atoms with Crippen LogP contribution in [0.4, 0.5) is 0 Å². The molecule has 2 saturated heterocycles. The van der Waals surface area contributed by atoms with Crippen LogP contribution in [0.5, 0.6) is 5.75 Å². The molecule has 28 heavy (non-hydrogen) atoms. The summed E-state index contributed by atoms with van der Waals surface area (Å²) < 4.78 is 34.9. The first kappa shape index (κ1) is 19.4. The lowest BCUT2D eigenvalue weighted by Gasteiger charge is -2.44. The Kier molecular flexibility index (Phi) is 6.24. The fourth-order valence-electron chi connectivity index (χ4n) is 3.57. The van der Waals surface area contributed by atoms with Crippen LogP contribution in [0.15, 0.2) is 54.6 Å². The van der Waals surface area contributed by atoms with Crippen molar-refractivity contribution in [1.82, 2.24) is 0 Å². The third-order valence-corrected chi connectivity index (χ3v) is 5.13. The van der Waals surface area contributed by atoms with Crippen LogP contribution < -0.4 is 4.74 Å². The van der Waals surface area contributed by atoms with Crippen molar-refractivity contribution in [2.45, 2.75) is 43.9 Å². The molecule has 2 fully saturated rings.